The number of methoxy groups -OCH3 is 1. The largest absolute Gasteiger partial charge is 0.497 e. The van der Waals surface area contributed by atoms with Gasteiger partial charge in [0, 0.05) is 30.4 Å². The molecule has 1 aromatic heterocycles. The van der Waals surface area contributed by atoms with Gasteiger partial charge in [0.15, 0.2) is 5.16 Å². The van der Waals surface area contributed by atoms with E-state index in [1.165, 1.54) is 0 Å². The number of benzene rings is 1. The molecular weight excluding hydrogens is 358 g/mol. The zero-order valence-corrected chi connectivity index (χ0v) is 17.3. The molecule has 0 bridgehead atoms. The van der Waals surface area contributed by atoms with Gasteiger partial charge in [0.2, 0.25) is 5.91 Å². The molecule has 5 nitrogen and oxygen atoms in total. The molecule has 0 spiro atoms. The Hall–Kier alpha value is -2.08. The molecule has 0 aliphatic heterocycles. The number of amides is 1. The molecule has 27 heavy (non-hydrogen) atoms. The van der Waals surface area contributed by atoms with Crippen LogP contribution in [0.25, 0.3) is 0 Å². The topological polar surface area (TPSA) is 55.3 Å². The quantitative estimate of drug-likeness (QED) is 0.509. The van der Waals surface area contributed by atoms with Gasteiger partial charge in [0.05, 0.1) is 7.11 Å². The van der Waals surface area contributed by atoms with Crippen molar-refractivity contribution in [1.29, 1.82) is 0 Å². The van der Waals surface area contributed by atoms with Crippen molar-refractivity contribution >= 4 is 17.7 Å². The van der Waals surface area contributed by atoms with Crippen LogP contribution in [0.2, 0.25) is 0 Å². The Morgan fingerprint density at radius 3 is 2.33 bits per heavy atom. The lowest BCUT2D eigenvalue weighted by Crippen LogP contribution is -2.32. The van der Waals surface area contributed by atoms with Crippen molar-refractivity contribution in [3.63, 3.8) is 0 Å². The predicted octanol–water partition coefficient (Wildman–Crippen LogP) is 3.95. The summed E-state index contributed by atoms with van der Waals surface area (Å²) >= 11 is 1.54. The second-order valence-corrected chi connectivity index (χ2v) is 7.73. The van der Waals surface area contributed by atoms with Gasteiger partial charge >= 0.3 is 0 Å². The number of aromatic nitrogens is 2. The Bertz CT molecular complexity index is 781. The first-order valence-electron chi connectivity index (χ1n) is 9.32. The minimum atomic E-state index is 0.209. The van der Waals surface area contributed by atoms with Crippen LogP contribution in [0.5, 0.6) is 5.75 Å². The zero-order valence-electron chi connectivity index (χ0n) is 16.5. The zero-order chi connectivity index (χ0) is 19.4. The minimum Gasteiger partial charge on any atom is -0.497 e. The van der Waals surface area contributed by atoms with Crippen LogP contribution in [0.1, 0.15) is 41.8 Å². The molecule has 3 rings (SSSR count). The number of hydrogen-bond donors (Lipinski definition) is 0. The standard InChI is InChI=1S/C21H27N3O2S/c1-14-19(15(2)23-21(22-14)27-4)11-12-20(25)24(17-7-8-17)13-16-5-9-18(26-3)10-6-16/h5-6,9-10,17H,7-8,11-13H2,1-4H3. The average molecular weight is 386 g/mol. The molecule has 0 unspecified atom stereocenters. The lowest BCUT2D eigenvalue weighted by molar-refractivity contribution is -0.132. The molecule has 1 aromatic carbocycles. The number of carbonyl (C=O) groups excluding carboxylic acids is 1. The normalized spacial score (nSPS) is 13.5. The van der Waals surface area contributed by atoms with E-state index in [1.54, 1.807) is 18.9 Å². The third-order valence-electron chi connectivity index (χ3n) is 4.99. The maximum atomic E-state index is 12.9. The molecule has 1 amide bonds. The fraction of sp³-hybridized carbons (Fsp3) is 0.476. The van der Waals surface area contributed by atoms with Crippen molar-refractivity contribution in [3.8, 4) is 5.75 Å². The highest BCUT2D eigenvalue weighted by Gasteiger charge is 2.32. The number of rotatable bonds is 8. The lowest BCUT2D eigenvalue weighted by Gasteiger charge is -2.23. The third-order valence-corrected chi connectivity index (χ3v) is 5.54. The average Bonchev–Trinajstić information content (AvgIpc) is 3.50. The summed E-state index contributed by atoms with van der Waals surface area (Å²) in [7, 11) is 1.66. The summed E-state index contributed by atoms with van der Waals surface area (Å²) in [5.74, 6) is 1.05. The molecule has 6 heteroatoms. The smallest absolute Gasteiger partial charge is 0.223 e. The van der Waals surface area contributed by atoms with Gasteiger partial charge in [-0.2, -0.15) is 0 Å². The Morgan fingerprint density at radius 1 is 1.19 bits per heavy atom. The maximum Gasteiger partial charge on any atom is 0.223 e. The molecule has 1 aliphatic rings. The van der Waals surface area contributed by atoms with Gasteiger partial charge in [-0.3, -0.25) is 4.79 Å². The second kappa shape index (κ2) is 8.74. The van der Waals surface area contributed by atoms with E-state index in [1.807, 2.05) is 49.3 Å². The van der Waals surface area contributed by atoms with E-state index in [2.05, 4.69) is 9.97 Å². The molecule has 0 saturated heterocycles. The number of hydrogen-bond acceptors (Lipinski definition) is 5. The summed E-state index contributed by atoms with van der Waals surface area (Å²) < 4.78 is 5.21. The molecule has 0 atom stereocenters. The molecule has 1 aliphatic carbocycles. The highest BCUT2D eigenvalue weighted by Crippen LogP contribution is 2.30. The van der Waals surface area contributed by atoms with E-state index in [0.29, 0.717) is 25.4 Å². The summed E-state index contributed by atoms with van der Waals surface area (Å²) in [6, 6.07) is 8.34. The van der Waals surface area contributed by atoms with E-state index in [-0.39, 0.29) is 5.91 Å². The molecule has 0 N–H and O–H groups in total. The van der Waals surface area contributed by atoms with Crippen LogP contribution in [-0.2, 0) is 17.8 Å². The number of ether oxygens (including phenoxy) is 1. The van der Waals surface area contributed by atoms with Gasteiger partial charge in [-0.25, -0.2) is 9.97 Å². The van der Waals surface area contributed by atoms with E-state index < -0.39 is 0 Å². The van der Waals surface area contributed by atoms with Gasteiger partial charge in [0.1, 0.15) is 5.75 Å². The van der Waals surface area contributed by atoms with Crippen LogP contribution < -0.4 is 4.74 Å². The highest BCUT2D eigenvalue weighted by molar-refractivity contribution is 7.98. The van der Waals surface area contributed by atoms with Crippen LogP contribution in [0.4, 0.5) is 0 Å². The SMILES string of the molecule is COc1ccc(CN(C(=O)CCc2c(C)nc(SC)nc2C)C2CC2)cc1. The number of aryl methyl sites for hydroxylation is 2. The second-order valence-electron chi connectivity index (χ2n) is 6.96. The Kier molecular flexibility index (Phi) is 6.37. The maximum absolute atomic E-state index is 12.9. The van der Waals surface area contributed by atoms with Crippen LogP contribution in [0.15, 0.2) is 29.4 Å². The first kappa shape index (κ1) is 19.7. The third kappa shape index (κ3) is 5.01. The van der Waals surface area contributed by atoms with Crippen LogP contribution in [-0.4, -0.2) is 40.2 Å². The number of nitrogens with zero attached hydrogens (tertiary/aromatic N) is 3. The first-order chi connectivity index (χ1) is 13.0. The van der Waals surface area contributed by atoms with Crippen LogP contribution in [0, 0.1) is 13.8 Å². The van der Waals surface area contributed by atoms with Gasteiger partial charge in [-0.1, -0.05) is 23.9 Å². The molecule has 1 heterocycles. The van der Waals surface area contributed by atoms with Crippen LogP contribution in [0.3, 0.4) is 0 Å². The van der Waals surface area contributed by atoms with Crippen molar-refractivity contribution in [2.45, 2.75) is 57.3 Å². The first-order valence-corrected chi connectivity index (χ1v) is 10.5. The minimum absolute atomic E-state index is 0.209. The lowest BCUT2D eigenvalue weighted by atomic mass is 10.1. The molecule has 144 valence electrons. The van der Waals surface area contributed by atoms with Gasteiger partial charge in [0.25, 0.3) is 0 Å². The van der Waals surface area contributed by atoms with Crippen molar-refractivity contribution in [2.75, 3.05) is 13.4 Å². The highest BCUT2D eigenvalue weighted by atomic mass is 32.2. The number of carbonyl (C=O) groups is 1. The summed E-state index contributed by atoms with van der Waals surface area (Å²) in [6.45, 7) is 4.67. The summed E-state index contributed by atoms with van der Waals surface area (Å²) in [5.41, 5.74) is 4.19. The molecular formula is C21H27N3O2S. The van der Waals surface area contributed by atoms with Gasteiger partial charge in [-0.05, 0) is 62.6 Å². The van der Waals surface area contributed by atoms with Crippen molar-refractivity contribution in [2.24, 2.45) is 0 Å². The van der Waals surface area contributed by atoms with E-state index in [4.69, 9.17) is 4.74 Å². The molecule has 0 radical (unpaired) electrons. The monoisotopic (exact) mass is 385 g/mol. The Balaban J connectivity index is 1.65. The van der Waals surface area contributed by atoms with Gasteiger partial charge in [-0.15, -0.1) is 0 Å². The summed E-state index contributed by atoms with van der Waals surface area (Å²) in [4.78, 5) is 24.0. The predicted molar refractivity (Wildman–Crippen MR) is 108 cm³/mol. The number of thioether (sulfide) groups is 1. The molecule has 1 saturated carbocycles. The van der Waals surface area contributed by atoms with Crippen molar-refractivity contribution in [3.05, 3.63) is 46.8 Å². The molecule has 2 aromatic rings. The van der Waals surface area contributed by atoms with E-state index in [0.717, 1.165) is 46.3 Å². The summed E-state index contributed by atoms with van der Waals surface area (Å²) in [5, 5.41) is 0.791. The van der Waals surface area contributed by atoms with Crippen molar-refractivity contribution < 1.29 is 9.53 Å². The fourth-order valence-electron chi connectivity index (χ4n) is 3.27. The van der Waals surface area contributed by atoms with Crippen LogP contribution >= 0.6 is 11.8 Å². The van der Waals surface area contributed by atoms with Crippen molar-refractivity contribution in [1.82, 2.24) is 14.9 Å². The Morgan fingerprint density at radius 2 is 1.81 bits per heavy atom. The fourth-order valence-corrected chi connectivity index (χ4v) is 3.73. The van der Waals surface area contributed by atoms with Gasteiger partial charge < -0.3 is 9.64 Å². The van der Waals surface area contributed by atoms with E-state index >= 15 is 0 Å². The Labute approximate surface area is 165 Å². The molecule has 1 fully saturated rings. The van der Waals surface area contributed by atoms with E-state index in [9.17, 15) is 4.79 Å². The summed E-state index contributed by atoms with van der Waals surface area (Å²) in [6.07, 6.45) is 5.37.